The molecule has 0 aromatic carbocycles. The maximum atomic E-state index is 5.66. The Kier molecular flexibility index (Phi) is 2.37. The summed E-state index contributed by atoms with van der Waals surface area (Å²) in [6, 6.07) is 2.03. The maximum absolute atomic E-state index is 5.66. The number of nitrogens with zero attached hydrogens (tertiary/aromatic N) is 3. The maximum Gasteiger partial charge on any atom is 0.223 e. The molecule has 0 radical (unpaired) electrons. The number of nitrogens with two attached hydrogens (primary N) is 1. The fourth-order valence-corrected chi connectivity index (χ4v) is 2.20. The zero-order chi connectivity index (χ0) is 11.2. The lowest BCUT2D eigenvalue weighted by Crippen LogP contribution is -2.21. The van der Waals surface area contributed by atoms with E-state index in [1.54, 1.807) is 0 Å². The highest BCUT2D eigenvalue weighted by molar-refractivity contribution is 14.1. The topological polar surface area (TPSA) is 56.7 Å². The van der Waals surface area contributed by atoms with Crippen molar-refractivity contribution in [1.82, 2.24) is 14.5 Å². The minimum absolute atomic E-state index is 0.00558. The summed E-state index contributed by atoms with van der Waals surface area (Å²) in [5, 5.41) is 1.06. The van der Waals surface area contributed by atoms with E-state index < -0.39 is 0 Å². The van der Waals surface area contributed by atoms with Crippen LogP contribution in [0.1, 0.15) is 20.8 Å². The average Bonchev–Trinajstić information content (AvgIpc) is 2.45. The molecule has 80 valence electrons. The molecule has 0 unspecified atom stereocenters. The largest absolute Gasteiger partial charge is 0.368 e. The van der Waals surface area contributed by atoms with Gasteiger partial charge in [0, 0.05) is 11.7 Å². The van der Waals surface area contributed by atoms with Crippen LogP contribution in [0.5, 0.6) is 0 Å². The minimum atomic E-state index is 0.00558. The molecule has 4 nitrogen and oxygen atoms in total. The molecule has 0 saturated carbocycles. The van der Waals surface area contributed by atoms with E-state index in [0.717, 1.165) is 14.7 Å². The molecule has 2 N–H and O–H groups in total. The summed E-state index contributed by atoms with van der Waals surface area (Å²) in [7, 11) is 0. The Hall–Kier alpha value is -0.850. The number of fused-ring (bicyclic) bond motifs is 1. The van der Waals surface area contributed by atoms with Crippen LogP contribution in [0, 0.1) is 3.70 Å². The second-order valence-electron chi connectivity index (χ2n) is 4.47. The van der Waals surface area contributed by atoms with Gasteiger partial charge in [0.1, 0.15) is 9.35 Å². The van der Waals surface area contributed by atoms with Gasteiger partial charge in [-0.3, -0.25) is 0 Å². The zero-order valence-corrected chi connectivity index (χ0v) is 11.1. The number of rotatable bonds is 0. The Morgan fingerprint density at radius 1 is 1.33 bits per heavy atom. The third-order valence-electron chi connectivity index (χ3n) is 2.24. The molecule has 0 atom stereocenters. The van der Waals surface area contributed by atoms with Gasteiger partial charge in [0.15, 0.2) is 0 Å². The van der Waals surface area contributed by atoms with Crippen molar-refractivity contribution in [2.24, 2.45) is 0 Å². The van der Waals surface area contributed by atoms with Crippen LogP contribution in [0.3, 0.4) is 0 Å². The Bertz CT molecular complexity index is 510. The van der Waals surface area contributed by atoms with Crippen molar-refractivity contribution >= 4 is 39.6 Å². The first kappa shape index (κ1) is 10.7. The van der Waals surface area contributed by atoms with Gasteiger partial charge in [-0.2, -0.15) is 4.98 Å². The highest BCUT2D eigenvalue weighted by Gasteiger charge is 2.17. The van der Waals surface area contributed by atoms with Gasteiger partial charge in [-0.1, -0.05) is 0 Å². The molecule has 2 aromatic rings. The van der Waals surface area contributed by atoms with Crippen LogP contribution < -0.4 is 5.73 Å². The van der Waals surface area contributed by atoms with Crippen molar-refractivity contribution < 1.29 is 0 Å². The normalized spacial score (nSPS) is 12.3. The van der Waals surface area contributed by atoms with E-state index in [-0.39, 0.29) is 5.54 Å². The molecule has 0 aliphatic rings. The molecule has 5 heteroatoms. The molecular weight excluding hydrogens is 303 g/mol. The molecule has 0 saturated heterocycles. The molecule has 0 bridgehead atoms. The summed E-state index contributed by atoms with van der Waals surface area (Å²) < 4.78 is 3.01. The van der Waals surface area contributed by atoms with Crippen LogP contribution in [0.4, 0.5) is 5.95 Å². The van der Waals surface area contributed by atoms with E-state index in [9.17, 15) is 0 Å². The quantitative estimate of drug-likeness (QED) is 0.600. The van der Waals surface area contributed by atoms with E-state index in [1.807, 2.05) is 12.3 Å². The van der Waals surface area contributed by atoms with Gasteiger partial charge in [0.25, 0.3) is 0 Å². The van der Waals surface area contributed by atoms with Gasteiger partial charge in [-0.05, 0) is 49.4 Å². The standard InChI is InChI=1S/C10H13IN4/c1-10(2,3)15-5-4-6-7(11)13-9(12)14-8(6)15/h4-5H,1-3H3,(H2,12,13,14). The molecule has 0 spiro atoms. The van der Waals surface area contributed by atoms with E-state index >= 15 is 0 Å². The number of aromatic nitrogens is 3. The fourth-order valence-electron chi connectivity index (χ4n) is 1.53. The Labute approximate surface area is 102 Å². The van der Waals surface area contributed by atoms with Crippen molar-refractivity contribution in [3.8, 4) is 0 Å². The first-order valence-electron chi connectivity index (χ1n) is 4.70. The number of hydrogen-bond donors (Lipinski definition) is 1. The van der Waals surface area contributed by atoms with Gasteiger partial charge >= 0.3 is 0 Å². The highest BCUT2D eigenvalue weighted by Crippen LogP contribution is 2.25. The van der Waals surface area contributed by atoms with Gasteiger partial charge in [0.05, 0.1) is 5.39 Å². The molecular formula is C10H13IN4. The molecule has 15 heavy (non-hydrogen) atoms. The smallest absolute Gasteiger partial charge is 0.223 e. The van der Waals surface area contributed by atoms with Crippen molar-refractivity contribution in [1.29, 1.82) is 0 Å². The monoisotopic (exact) mass is 316 g/mol. The summed E-state index contributed by atoms with van der Waals surface area (Å²) in [5.74, 6) is 0.330. The molecule has 2 heterocycles. The molecule has 0 amide bonds. The number of hydrogen-bond acceptors (Lipinski definition) is 3. The van der Waals surface area contributed by atoms with Gasteiger partial charge < -0.3 is 10.3 Å². The average molecular weight is 316 g/mol. The second-order valence-corrected chi connectivity index (χ2v) is 5.49. The summed E-state index contributed by atoms with van der Waals surface area (Å²) >= 11 is 2.18. The van der Waals surface area contributed by atoms with Crippen molar-refractivity contribution in [2.45, 2.75) is 26.3 Å². The third kappa shape index (κ3) is 1.80. The molecule has 2 aromatic heterocycles. The Morgan fingerprint density at radius 2 is 2.00 bits per heavy atom. The lowest BCUT2D eigenvalue weighted by atomic mass is 10.1. The van der Waals surface area contributed by atoms with Crippen molar-refractivity contribution in [3.63, 3.8) is 0 Å². The molecule has 2 rings (SSSR count). The van der Waals surface area contributed by atoms with Crippen LogP contribution >= 0.6 is 22.6 Å². The lowest BCUT2D eigenvalue weighted by Gasteiger charge is -2.21. The predicted octanol–water partition coefficient (Wildman–Crippen LogP) is 2.37. The van der Waals surface area contributed by atoms with Crippen LogP contribution in [-0.2, 0) is 5.54 Å². The number of anilines is 1. The Morgan fingerprint density at radius 3 is 2.60 bits per heavy atom. The van der Waals surface area contributed by atoms with Crippen LogP contribution in [0.2, 0.25) is 0 Å². The SMILES string of the molecule is CC(C)(C)n1ccc2c(I)nc(N)nc21. The van der Waals surface area contributed by atoms with Crippen LogP contribution in [0.15, 0.2) is 12.3 Å². The second kappa shape index (κ2) is 3.33. The first-order valence-corrected chi connectivity index (χ1v) is 5.78. The van der Waals surface area contributed by atoms with Gasteiger partial charge in [-0.25, -0.2) is 4.98 Å². The van der Waals surface area contributed by atoms with E-state index in [1.165, 1.54) is 0 Å². The summed E-state index contributed by atoms with van der Waals surface area (Å²) in [6.07, 6.45) is 2.03. The molecule has 0 fully saturated rings. The van der Waals surface area contributed by atoms with E-state index in [4.69, 9.17) is 5.73 Å². The fraction of sp³-hybridized carbons (Fsp3) is 0.400. The molecule has 0 aliphatic heterocycles. The van der Waals surface area contributed by atoms with Crippen molar-refractivity contribution in [2.75, 3.05) is 5.73 Å². The van der Waals surface area contributed by atoms with E-state index in [0.29, 0.717) is 5.95 Å². The van der Waals surface area contributed by atoms with Crippen LogP contribution in [-0.4, -0.2) is 14.5 Å². The molecule has 0 aliphatic carbocycles. The lowest BCUT2D eigenvalue weighted by molar-refractivity contribution is 0.408. The van der Waals surface area contributed by atoms with Gasteiger partial charge in [0.2, 0.25) is 5.95 Å². The van der Waals surface area contributed by atoms with E-state index in [2.05, 4.69) is 57.9 Å². The third-order valence-corrected chi connectivity index (χ3v) is 3.06. The number of halogens is 1. The minimum Gasteiger partial charge on any atom is -0.368 e. The van der Waals surface area contributed by atoms with Gasteiger partial charge in [-0.15, -0.1) is 0 Å². The summed E-state index contributed by atoms with van der Waals surface area (Å²) in [4.78, 5) is 8.42. The first-order chi connectivity index (χ1) is 6.89. The van der Waals surface area contributed by atoms with Crippen LogP contribution in [0.25, 0.3) is 11.0 Å². The predicted molar refractivity (Wildman–Crippen MR) is 69.7 cm³/mol. The highest BCUT2D eigenvalue weighted by atomic mass is 127. The summed E-state index contributed by atoms with van der Waals surface area (Å²) in [5.41, 5.74) is 6.56. The van der Waals surface area contributed by atoms with Crippen molar-refractivity contribution in [3.05, 3.63) is 16.0 Å². The number of nitrogen functional groups attached to an aromatic ring is 1. The Balaban J connectivity index is 2.80. The zero-order valence-electron chi connectivity index (χ0n) is 8.95. The summed E-state index contributed by atoms with van der Waals surface area (Å²) in [6.45, 7) is 6.41.